The Hall–Kier alpha value is -2.18. The van der Waals surface area contributed by atoms with E-state index < -0.39 is 0 Å². The Balaban J connectivity index is 1.47. The van der Waals surface area contributed by atoms with Crippen molar-refractivity contribution in [3.05, 3.63) is 57.8 Å². The van der Waals surface area contributed by atoms with E-state index in [1.54, 1.807) is 6.07 Å². The third kappa shape index (κ3) is 4.51. The van der Waals surface area contributed by atoms with Gasteiger partial charge in [-0.1, -0.05) is 30.3 Å². The number of carbonyl (C=O) groups excluding carboxylic acids is 2. The molecule has 0 radical (unpaired) electrons. The maximum atomic E-state index is 12.1. The highest BCUT2D eigenvalue weighted by Crippen LogP contribution is 2.24. The van der Waals surface area contributed by atoms with Gasteiger partial charge in [-0.3, -0.25) is 14.5 Å². The van der Waals surface area contributed by atoms with Crippen molar-refractivity contribution in [3.63, 3.8) is 0 Å². The maximum absolute atomic E-state index is 12.1. The van der Waals surface area contributed by atoms with E-state index in [0.717, 1.165) is 19.5 Å². The predicted molar refractivity (Wildman–Crippen MR) is 104 cm³/mol. The fraction of sp³-hybridized carbons (Fsp3) is 0.400. The molecule has 5 nitrogen and oxygen atoms in total. The fourth-order valence-corrected chi connectivity index (χ4v) is 3.80. The minimum Gasteiger partial charge on any atom is -0.353 e. The molecule has 0 aliphatic carbocycles. The lowest BCUT2D eigenvalue weighted by molar-refractivity contribution is -0.120. The summed E-state index contributed by atoms with van der Waals surface area (Å²) in [6.45, 7) is 6.71. The Morgan fingerprint density at radius 2 is 1.88 bits per heavy atom. The van der Waals surface area contributed by atoms with Crippen LogP contribution in [-0.2, 0) is 17.8 Å². The van der Waals surface area contributed by atoms with Crippen molar-refractivity contribution in [3.8, 4) is 0 Å². The van der Waals surface area contributed by atoms with Crippen LogP contribution in [0.2, 0.25) is 0 Å². The van der Waals surface area contributed by atoms with Gasteiger partial charge in [-0.25, -0.2) is 0 Å². The highest BCUT2D eigenvalue weighted by molar-refractivity contribution is 7.12. The summed E-state index contributed by atoms with van der Waals surface area (Å²) >= 11 is 1.36. The average molecular weight is 372 g/mol. The van der Waals surface area contributed by atoms with Crippen LogP contribution in [0.1, 0.15) is 34.6 Å². The van der Waals surface area contributed by atoms with E-state index in [1.807, 2.05) is 11.4 Å². The van der Waals surface area contributed by atoms with Crippen molar-refractivity contribution < 1.29 is 9.59 Å². The van der Waals surface area contributed by atoms with Gasteiger partial charge in [0.05, 0.1) is 11.4 Å². The van der Waals surface area contributed by atoms with Gasteiger partial charge < -0.3 is 10.6 Å². The molecule has 0 unspecified atom stereocenters. The average Bonchev–Trinajstić information content (AvgIpc) is 3.19. The second-order valence-corrected chi connectivity index (χ2v) is 8.14. The molecule has 0 atom stereocenters. The van der Waals surface area contributed by atoms with Crippen molar-refractivity contribution in [2.24, 2.45) is 0 Å². The highest BCUT2D eigenvalue weighted by Gasteiger charge is 2.30. The lowest BCUT2D eigenvalue weighted by Gasteiger charge is -2.41. The first-order valence-electron chi connectivity index (χ1n) is 8.86. The number of benzene rings is 1. The minimum atomic E-state index is -0.206. The minimum absolute atomic E-state index is 0.00432. The molecular weight excluding hydrogens is 346 g/mol. The third-order valence-corrected chi connectivity index (χ3v) is 5.73. The molecule has 0 saturated carbocycles. The molecule has 1 aromatic heterocycles. The van der Waals surface area contributed by atoms with Crippen LogP contribution in [0.3, 0.4) is 0 Å². The summed E-state index contributed by atoms with van der Waals surface area (Å²) in [6.07, 6.45) is 1.03. The fourth-order valence-electron chi connectivity index (χ4n) is 3.16. The summed E-state index contributed by atoms with van der Waals surface area (Å²) in [5.41, 5.74) is 2.63. The molecule has 2 aromatic rings. The van der Waals surface area contributed by atoms with Gasteiger partial charge in [0.25, 0.3) is 5.91 Å². The monoisotopic (exact) mass is 371 g/mol. The zero-order valence-corrected chi connectivity index (χ0v) is 16.1. The quantitative estimate of drug-likeness (QED) is 0.820. The molecule has 0 spiro atoms. The van der Waals surface area contributed by atoms with Crippen LogP contribution in [0.25, 0.3) is 0 Å². The van der Waals surface area contributed by atoms with Gasteiger partial charge in [0, 0.05) is 25.2 Å². The first-order chi connectivity index (χ1) is 12.5. The molecule has 0 saturated heterocycles. The van der Waals surface area contributed by atoms with Crippen LogP contribution < -0.4 is 10.6 Å². The van der Waals surface area contributed by atoms with Crippen LogP contribution in [0.5, 0.6) is 0 Å². The number of carbonyl (C=O) groups is 2. The molecule has 6 heteroatoms. The molecule has 3 rings (SSSR count). The van der Waals surface area contributed by atoms with Crippen molar-refractivity contribution in [1.29, 1.82) is 0 Å². The van der Waals surface area contributed by atoms with E-state index in [-0.39, 0.29) is 23.9 Å². The normalized spacial score (nSPS) is 14.5. The van der Waals surface area contributed by atoms with Gasteiger partial charge in [-0.05, 0) is 42.8 Å². The molecule has 1 aliphatic rings. The van der Waals surface area contributed by atoms with Crippen LogP contribution >= 0.6 is 11.3 Å². The smallest absolute Gasteiger partial charge is 0.261 e. The van der Waals surface area contributed by atoms with E-state index in [2.05, 4.69) is 53.6 Å². The summed E-state index contributed by atoms with van der Waals surface area (Å²) in [5.74, 6) is -0.373. The summed E-state index contributed by atoms with van der Waals surface area (Å²) in [5, 5.41) is 7.45. The number of nitrogens with zero attached hydrogens (tertiary/aromatic N) is 1. The lowest BCUT2D eigenvalue weighted by atomic mass is 9.94. The molecule has 2 amide bonds. The summed E-state index contributed by atoms with van der Waals surface area (Å²) in [4.78, 5) is 27.0. The highest BCUT2D eigenvalue weighted by atomic mass is 32.1. The number of thiophene rings is 1. The molecular formula is C20H25N3O2S. The molecule has 1 aliphatic heterocycles. The SMILES string of the molecule is CC(C)(CNC(=O)CNC(=O)c1cccs1)N1CCc2ccccc2C1. The van der Waals surface area contributed by atoms with E-state index in [4.69, 9.17) is 0 Å². The van der Waals surface area contributed by atoms with E-state index in [1.165, 1.54) is 22.5 Å². The number of hydrogen-bond donors (Lipinski definition) is 2. The van der Waals surface area contributed by atoms with Gasteiger partial charge in [0.1, 0.15) is 0 Å². The Kier molecular flexibility index (Phi) is 5.74. The Labute approximate surface area is 158 Å². The van der Waals surface area contributed by atoms with Gasteiger partial charge in [0.15, 0.2) is 0 Å². The van der Waals surface area contributed by atoms with Gasteiger partial charge in [-0.15, -0.1) is 11.3 Å². The van der Waals surface area contributed by atoms with Gasteiger partial charge >= 0.3 is 0 Å². The second kappa shape index (κ2) is 8.01. The third-order valence-electron chi connectivity index (χ3n) is 4.86. The first-order valence-corrected chi connectivity index (χ1v) is 9.74. The van der Waals surface area contributed by atoms with Crippen LogP contribution in [0, 0.1) is 0 Å². The standard InChI is InChI=1S/C20H25N3O2S/c1-20(2,23-10-9-15-6-3-4-7-16(15)13-23)14-22-18(24)12-21-19(25)17-8-5-11-26-17/h3-8,11H,9-10,12-14H2,1-2H3,(H,21,25)(H,22,24). The lowest BCUT2D eigenvalue weighted by Crippen LogP contribution is -2.54. The van der Waals surface area contributed by atoms with Crippen molar-refractivity contribution in [1.82, 2.24) is 15.5 Å². The summed E-state index contributed by atoms with van der Waals surface area (Å²) in [6, 6.07) is 12.1. The molecule has 2 heterocycles. The zero-order valence-electron chi connectivity index (χ0n) is 15.2. The molecule has 138 valence electrons. The van der Waals surface area contributed by atoms with E-state index >= 15 is 0 Å². The Morgan fingerprint density at radius 3 is 2.62 bits per heavy atom. The van der Waals surface area contributed by atoms with Gasteiger partial charge in [0.2, 0.25) is 5.91 Å². The van der Waals surface area contributed by atoms with Crippen molar-refractivity contribution >= 4 is 23.2 Å². The summed E-state index contributed by atoms with van der Waals surface area (Å²) < 4.78 is 0. The van der Waals surface area contributed by atoms with Gasteiger partial charge in [-0.2, -0.15) is 0 Å². The van der Waals surface area contributed by atoms with Crippen molar-refractivity contribution in [2.45, 2.75) is 32.4 Å². The predicted octanol–water partition coefficient (Wildman–Crippen LogP) is 2.43. The Bertz CT molecular complexity index is 771. The molecule has 0 fully saturated rings. The maximum Gasteiger partial charge on any atom is 0.261 e. The number of fused-ring (bicyclic) bond motifs is 1. The molecule has 2 N–H and O–H groups in total. The van der Waals surface area contributed by atoms with Crippen molar-refractivity contribution in [2.75, 3.05) is 19.6 Å². The number of amides is 2. The second-order valence-electron chi connectivity index (χ2n) is 7.19. The largest absolute Gasteiger partial charge is 0.353 e. The Morgan fingerprint density at radius 1 is 1.12 bits per heavy atom. The topological polar surface area (TPSA) is 61.4 Å². The number of nitrogens with one attached hydrogen (secondary N) is 2. The number of rotatable bonds is 6. The zero-order chi connectivity index (χ0) is 18.6. The van der Waals surface area contributed by atoms with E-state index in [0.29, 0.717) is 11.4 Å². The van der Waals surface area contributed by atoms with Crippen LogP contribution in [0.4, 0.5) is 0 Å². The van der Waals surface area contributed by atoms with E-state index in [9.17, 15) is 9.59 Å². The van der Waals surface area contributed by atoms with Crippen LogP contribution in [0.15, 0.2) is 41.8 Å². The molecule has 1 aromatic carbocycles. The van der Waals surface area contributed by atoms with Crippen LogP contribution in [-0.4, -0.2) is 41.9 Å². The summed E-state index contributed by atoms with van der Waals surface area (Å²) in [7, 11) is 0. The molecule has 26 heavy (non-hydrogen) atoms. The first kappa shape index (κ1) is 18.6. The molecule has 0 bridgehead atoms. The number of hydrogen-bond acceptors (Lipinski definition) is 4.